The summed E-state index contributed by atoms with van der Waals surface area (Å²) < 4.78 is 18.9. The molecule has 0 aliphatic carbocycles. The number of para-hydroxylation sites is 2. The maximum atomic E-state index is 14.3. The number of carbonyl (C=O) groups is 4. The van der Waals surface area contributed by atoms with Crippen LogP contribution in [0.15, 0.2) is 91.0 Å². The maximum absolute atomic E-state index is 14.3. The average molecular weight is 982 g/mol. The number of nitrogens with one attached hydrogen (secondary N) is 1. The molecular weight excluding hydrogens is 919 g/mol. The molecule has 12 nitrogen and oxygen atoms in total. The Morgan fingerprint density at radius 2 is 1.27 bits per heavy atom. The Hall–Kier alpha value is -6.12. The molecule has 4 aliphatic rings. The molecule has 366 valence electrons. The van der Waals surface area contributed by atoms with Gasteiger partial charge in [0.25, 0.3) is 11.8 Å². The van der Waals surface area contributed by atoms with Crippen molar-refractivity contribution in [2.45, 2.75) is 103 Å². The summed E-state index contributed by atoms with van der Waals surface area (Å²) in [5.41, 5.74) is 10.2. The average Bonchev–Trinajstić information content (AvgIpc) is 3.85. The van der Waals surface area contributed by atoms with Gasteiger partial charge < -0.3 is 39.1 Å². The number of aryl methyl sites for hydroxylation is 1. The van der Waals surface area contributed by atoms with E-state index in [1.807, 2.05) is 111 Å². The van der Waals surface area contributed by atoms with Gasteiger partial charge in [-0.25, -0.2) is 0 Å². The van der Waals surface area contributed by atoms with Crippen molar-refractivity contribution in [2.24, 2.45) is 0 Å². The highest BCUT2D eigenvalue weighted by molar-refractivity contribution is 8.77. The molecule has 0 spiro atoms. The fourth-order valence-corrected chi connectivity index (χ4v) is 12.9. The van der Waals surface area contributed by atoms with Crippen molar-refractivity contribution in [1.82, 2.24) is 0 Å². The molecule has 0 fully saturated rings. The van der Waals surface area contributed by atoms with Gasteiger partial charge in [0.2, 0.25) is 5.91 Å². The first-order chi connectivity index (χ1) is 33.7. The number of hydrogen-bond donors (Lipinski definition) is 1. The predicted octanol–water partition coefficient (Wildman–Crippen LogP) is 10.8. The van der Waals surface area contributed by atoms with E-state index in [2.05, 4.69) is 41.1 Å². The normalized spacial score (nSPS) is 16.9. The van der Waals surface area contributed by atoms with E-state index in [0.29, 0.717) is 78.6 Å². The molecule has 4 heterocycles. The highest BCUT2D eigenvalue weighted by atomic mass is 33.1. The Morgan fingerprint density at radius 1 is 0.714 bits per heavy atom. The third-order valence-electron chi connectivity index (χ3n) is 13.9. The van der Waals surface area contributed by atoms with Crippen LogP contribution in [0.1, 0.15) is 101 Å². The fraction of sp³-hybridized carbons (Fsp3) is 0.393. The molecule has 0 bridgehead atoms. The van der Waals surface area contributed by atoms with Crippen molar-refractivity contribution < 1.29 is 33.4 Å². The number of nitrogens with zero attached hydrogens (tertiary/aromatic N) is 4. The van der Waals surface area contributed by atoms with Gasteiger partial charge in [-0.2, -0.15) is 0 Å². The van der Waals surface area contributed by atoms with E-state index in [1.54, 1.807) is 34.8 Å². The summed E-state index contributed by atoms with van der Waals surface area (Å²) >= 11 is 0. The lowest BCUT2D eigenvalue weighted by atomic mass is 10.1. The number of ketones is 1. The number of methoxy groups -OCH3 is 1. The van der Waals surface area contributed by atoms with Crippen LogP contribution in [0, 0.1) is 6.92 Å². The summed E-state index contributed by atoms with van der Waals surface area (Å²) in [6.45, 7) is 9.84. The lowest BCUT2D eigenvalue weighted by Gasteiger charge is -2.25. The molecule has 0 saturated heterocycles. The fourth-order valence-electron chi connectivity index (χ4n) is 10.2. The Bertz CT molecular complexity index is 2830. The van der Waals surface area contributed by atoms with Crippen molar-refractivity contribution in [1.29, 1.82) is 0 Å². The number of anilines is 5. The second-order valence-electron chi connectivity index (χ2n) is 19.6. The molecule has 4 aliphatic heterocycles. The number of amides is 3. The van der Waals surface area contributed by atoms with E-state index >= 15 is 0 Å². The summed E-state index contributed by atoms with van der Waals surface area (Å²) in [4.78, 5) is 62.0. The van der Waals surface area contributed by atoms with Crippen molar-refractivity contribution >= 4 is 73.5 Å². The van der Waals surface area contributed by atoms with Crippen LogP contribution in [0.5, 0.6) is 17.2 Å². The number of likely N-dealkylation sites (N-methyl/N-ethyl adjacent to an activating group) is 2. The van der Waals surface area contributed by atoms with Crippen LogP contribution in [0.4, 0.5) is 28.4 Å². The zero-order chi connectivity index (χ0) is 49.3. The minimum atomic E-state index is -0.150. The first-order valence-electron chi connectivity index (χ1n) is 24.3. The van der Waals surface area contributed by atoms with Crippen LogP contribution < -0.4 is 39.1 Å². The Kier molecular flexibility index (Phi) is 14.4. The zero-order valence-corrected chi connectivity index (χ0v) is 42.9. The van der Waals surface area contributed by atoms with Gasteiger partial charge in [0.05, 0.1) is 41.7 Å². The summed E-state index contributed by atoms with van der Waals surface area (Å²) in [7, 11) is 9.13. The topological polar surface area (TPSA) is 121 Å². The summed E-state index contributed by atoms with van der Waals surface area (Å²) in [5.74, 6) is 2.61. The van der Waals surface area contributed by atoms with Gasteiger partial charge in [0.1, 0.15) is 24.7 Å². The van der Waals surface area contributed by atoms with Gasteiger partial charge in [0, 0.05) is 86.1 Å². The van der Waals surface area contributed by atoms with Crippen molar-refractivity contribution in [3.05, 3.63) is 130 Å². The molecule has 3 amide bonds. The predicted molar refractivity (Wildman–Crippen MR) is 284 cm³/mol. The minimum Gasteiger partial charge on any atom is -0.493 e. The number of ether oxygens (including phenoxy) is 3. The molecule has 5 aromatic rings. The number of benzene rings is 5. The van der Waals surface area contributed by atoms with Crippen molar-refractivity contribution in [3.8, 4) is 17.2 Å². The molecular formula is C56H63N5O7S2. The maximum Gasteiger partial charge on any atom is 0.260 e. The first-order valence-corrected chi connectivity index (χ1v) is 26.6. The van der Waals surface area contributed by atoms with Crippen LogP contribution in [-0.2, 0) is 35.6 Å². The largest absolute Gasteiger partial charge is 0.493 e. The molecule has 14 heteroatoms. The third-order valence-corrected chi connectivity index (χ3v) is 17.3. The van der Waals surface area contributed by atoms with Gasteiger partial charge in [-0.15, -0.1) is 0 Å². The second kappa shape index (κ2) is 20.7. The Balaban J connectivity index is 0.942. The molecule has 0 saturated carbocycles. The van der Waals surface area contributed by atoms with Crippen molar-refractivity contribution in [2.75, 3.05) is 65.0 Å². The highest BCUT2D eigenvalue weighted by Crippen LogP contribution is 2.44. The summed E-state index contributed by atoms with van der Waals surface area (Å²) in [5, 5.41) is 3.16. The molecule has 9 rings (SSSR count). The van der Waals surface area contributed by atoms with Crippen molar-refractivity contribution in [3.63, 3.8) is 0 Å². The van der Waals surface area contributed by atoms with Gasteiger partial charge in [-0.3, -0.25) is 19.2 Å². The Morgan fingerprint density at radius 3 is 1.86 bits per heavy atom. The van der Waals surface area contributed by atoms with Crippen LogP contribution in [0.25, 0.3) is 0 Å². The van der Waals surface area contributed by atoms with E-state index in [1.165, 1.54) is 11.1 Å². The lowest BCUT2D eigenvalue weighted by molar-refractivity contribution is -0.119. The molecule has 0 unspecified atom stereocenters. The van der Waals surface area contributed by atoms with E-state index < -0.39 is 0 Å². The zero-order valence-electron chi connectivity index (χ0n) is 41.3. The van der Waals surface area contributed by atoms with E-state index in [-0.39, 0.29) is 47.8 Å². The smallest absolute Gasteiger partial charge is 0.260 e. The van der Waals surface area contributed by atoms with Gasteiger partial charge in [-0.1, -0.05) is 64.9 Å². The van der Waals surface area contributed by atoms with Crippen LogP contribution >= 0.6 is 21.6 Å². The molecule has 70 heavy (non-hydrogen) atoms. The number of fused-ring (bicyclic) bond motifs is 8. The van der Waals surface area contributed by atoms with Crippen LogP contribution in [0.3, 0.4) is 0 Å². The quantitative estimate of drug-likeness (QED) is 0.0667. The SMILES string of the molecule is CCC(=O)CCCSSC(C)(C)CCC(=O)Nc1cc(COc2cc3c(cc2C)C(=O)N2c4ccccc4C[C@H]2CN3C)cc(COc2cc3c(cc2OC)C(=O)N2c4ccccc4C[C@H]2CN3C)c1. The van der Waals surface area contributed by atoms with Gasteiger partial charge in [-0.05, 0) is 117 Å². The second-order valence-corrected chi connectivity index (χ2v) is 22.7. The number of carbonyl (C=O) groups excluding carboxylic acids is 4. The lowest BCUT2D eigenvalue weighted by Crippen LogP contribution is -2.41. The first kappa shape index (κ1) is 48.9. The third kappa shape index (κ3) is 10.3. The number of hydrogen-bond acceptors (Lipinski definition) is 11. The highest BCUT2D eigenvalue weighted by Gasteiger charge is 2.41. The summed E-state index contributed by atoms with van der Waals surface area (Å²) in [6.07, 6.45) is 4.64. The monoisotopic (exact) mass is 981 g/mol. The van der Waals surface area contributed by atoms with Crippen LogP contribution in [0.2, 0.25) is 0 Å². The number of Topliss-reactive ketones (excluding diaryl/α,β-unsaturated/α-hetero) is 1. The molecule has 2 atom stereocenters. The number of rotatable bonds is 18. The Labute approximate surface area is 419 Å². The van der Waals surface area contributed by atoms with Gasteiger partial charge in [0.15, 0.2) is 11.5 Å². The standard InChI is InChI=1S/C56H63N5O7S2/c1-8-43(62)16-13-21-69-70-56(3,4)20-19-53(63)57-40-24-36(33-67-50-29-48-44(22-35(50)2)54(64)60-41(31-58(48)5)26-38-14-9-11-17-46(38)60)23-37(25-40)34-68-52-30-49-45(28-51(52)66-7)55(65)61-42(32-59(49)6)27-39-15-10-12-18-47(39)61/h9-12,14-15,17-18,22-25,28-30,41-42H,8,13,16,19-21,26-27,31-34H2,1-7H3,(H,57,63)/t41-,42-/m0/s1. The van der Waals surface area contributed by atoms with Gasteiger partial charge >= 0.3 is 0 Å². The molecule has 1 N–H and O–H groups in total. The van der Waals surface area contributed by atoms with E-state index in [0.717, 1.165) is 64.5 Å². The van der Waals surface area contributed by atoms with E-state index in [4.69, 9.17) is 14.2 Å². The van der Waals surface area contributed by atoms with Crippen LogP contribution in [-0.4, -0.2) is 80.4 Å². The molecule has 5 aromatic carbocycles. The summed E-state index contributed by atoms with van der Waals surface area (Å²) in [6, 6.07) is 29.8. The minimum absolute atomic E-state index is 0.00205. The van der Waals surface area contributed by atoms with E-state index in [9.17, 15) is 19.2 Å². The molecule has 0 radical (unpaired) electrons. The molecule has 0 aromatic heterocycles.